The molecule has 0 radical (unpaired) electrons. The van der Waals surface area contributed by atoms with Crippen molar-refractivity contribution in [2.24, 2.45) is 22.7 Å². The van der Waals surface area contributed by atoms with Gasteiger partial charge in [-0.2, -0.15) is 0 Å². The van der Waals surface area contributed by atoms with Crippen LogP contribution in [0.3, 0.4) is 0 Å². The highest BCUT2D eigenvalue weighted by Crippen LogP contribution is 2.73. The Morgan fingerprint density at radius 3 is 1.73 bits per heavy atom. The van der Waals surface area contributed by atoms with Crippen LogP contribution in [0.25, 0.3) is 0 Å². The maximum Gasteiger partial charge on any atom is 0.00465 e. The van der Waals surface area contributed by atoms with Gasteiger partial charge in [-0.3, -0.25) is 0 Å². The lowest BCUT2D eigenvalue weighted by atomic mass is 9.58. The smallest absolute Gasteiger partial charge is 0.00465 e. The third-order valence-electron chi connectivity index (χ3n) is 9.46. The van der Waals surface area contributed by atoms with Gasteiger partial charge in [-0.05, 0) is 107 Å². The number of rotatable bonds is 16. The third-order valence-corrected chi connectivity index (χ3v) is 9.46. The number of hydrogen-bond donors (Lipinski definition) is 0. The van der Waals surface area contributed by atoms with E-state index in [1.807, 2.05) is 0 Å². The summed E-state index contributed by atoms with van der Waals surface area (Å²) in [6.07, 6.45) is 20.2. The van der Waals surface area contributed by atoms with E-state index in [2.05, 4.69) is 37.5 Å². The number of nitrogens with zero attached hydrogens (tertiary/aromatic N) is 2. The second kappa shape index (κ2) is 11.7. The largest absolute Gasteiger partial charge is 0.303 e. The minimum Gasteiger partial charge on any atom is -0.303 e. The summed E-state index contributed by atoms with van der Waals surface area (Å²) in [5.41, 5.74) is 1.28. The van der Waals surface area contributed by atoms with Crippen molar-refractivity contribution in [2.75, 3.05) is 39.3 Å². The zero-order valence-electron chi connectivity index (χ0n) is 21.2. The molecule has 0 heterocycles. The molecule has 0 saturated heterocycles. The summed E-state index contributed by atoms with van der Waals surface area (Å²) < 4.78 is 0. The minimum atomic E-state index is 0.636. The molecule has 2 bridgehead atoms. The molecular formula is C28H54N2. The number of fused-ring (bicyclic) bond motifs is 5. The van der Waals surface area contributed by atoms with E-state index in [-0.39, 0.29) is 0 Å². The monoisotopic (exact) mass is 418 g/mol. The van der Waals surface area contributed by atoms with E-state index >= 15 is 0 Å². The van der Waals surface area contributed by atoms with E-state index in [1.54, 1.807) is 19.3 Å². The van der Waals surface area contributed by atoms with Gasteiger partial charge in [0.2, 0.25) is 0 Å². The first-order valence-electron chi connectivity index (χ1n) is 14.1. The van der Waals surface area contributed by atoms with E-state index in [1.165, 1.54) is 110 Å². The Bertz CT molecular complexity index is 475. The summed E-state index contributed by atoms with van der Waals surface area (Å²) in [5, 5.41) is 0. The fourth-order valence-corrected chi connectivity index (χ4v) is 7.97. The SMILES string of the molecule is CCCCN(CCCC)CC12CCC(C1)C1CCCC12CN(CCCC)CCCC. The Labute approximate surface area is 189 Å². The molecule has 0 aromatic heterocycles. The summed E-state index contributed by atoms with van der Waals surface area (Å²) in [6.45, 7) is 17.7. The Hall–Kier alpha value is -0.0800. The van der Waals surface area contributed by atoms with Crippen LogP contribution in [0.2, 0.25) is 0 Å². The quantitative estimate of drug-likeness (QED) is 0.258. The molecule has 0 aliphatic heterocycles. The van der Waals surface area contributed by atoms with Crippen molar-refractivity contribution in [3.05, 3.63) is 0 Å². The lowest BCUT2D eigenvalue weighted by Crippen LogP contribution is -2.54. The van der Waals surface area contributed by atoms with Crippen molar-refractivity contribution in [1.82, 2.24) is 9.80 Å². The minimum absolute atomic E-state index is 0.636. The van der Waals surface area contributed by atoms with Gasteiger partial charge in [0, 0.05) is 13.1 Å². The highest BCUT2D eigenvalue weighted by atomic mass is 15.2. The van der Waals surface area contributed by atoms with Crippen LogP contribution in [0.1, 0.15) is 118 Å². The first kappa shape index (κ1) is 24.6. The fourth-order valence-electron chi connectivity index (χ4n) is 7.97. The average molecular weight is 419 g/mol. The Kier molecular flexibility index (Phi) is 9.57. The van der Waals surface area contributed by atoms with Crippen LogP contribution in [0.4, 0.5) is 0 Å². The van der Waals surface area contributed by atoms with Gasteiger partial charge < -0.3 is 9.80 Å². The Morgan fingerprint density at radius 1 is 0.667 bits per heavy atom. The molecule has 3 fully saturated rings. The maximum atomic E-state index is 2.94. The van der Waals surface area contributed by atoms with E-state index in [4.69, 9.17) is 0 Å². The van der Waals surface area contributed by atoms with Gasteiger partial charge in [-0.25, -0.2) is 0 Å². The van der Waals surface area contributed by atoms with Crippen LogP contribution in [0, 0.1) is 22.7 Å². The van der Waals surface area contributed by atoms with Gasteiger partial charge in [0.25, 0.3) is 0 Å². The van der Waals surface area contributed by atoms with Crippen LogP contribution < -0.4 is 0 Å². The molecule has 4 atom stereocenters. The van der Waals surface area contributed by atoms with E-state index < -0.39 is 0 Å². The van der Waals surface area contributed by atoms with Crippen molar-refractivity contribution >= 4 is 0 Å². The predicted octanol–water partition coefficient (Wildman–Crippen LogP) is 7.38. The van der Waals surface area contributed by atoms with Gasteiger partial charge in [-0.1, -0.05) is 59.8 Å². The average Bonchev–Trinajstić information content (AvgIpc) is 3.43. The number of unbranched alkanes of at least 4 members (excludes halogenated alkanes) is 4. The highest BCUT2D eigenvalue weighted by Gasteiger charge is 2.67. The van der Waals surface area contributed by atoms with Crippen LogP contribution in [-0.4, -0.2) is 49.1 Å². The molecule has 0 aromatic carbocycles. The second-order valence-electron chi connectivity index (χ2n) is 11.4. The molecule has 3 aliphatic rings. The molecule has 30 heavy (non-hydrogen) atoms. The van der Waals surface area contributed by atoms with Crippen molar-refractivity contribution < 1.29 is 0 Å². The third kappa shape index (κ3) is 5.11. The maximum absolute atomic E-state index is 2.94. The van der Waals surface area contributed by atoms with E-state index in [0.717, 1.165) is 11.8 Å². The van der Waals surface area contributed by atoms with E-state index in [0.29, 0.717) is 10.8 Å². The van der Waals surface area contributed by atoms with Crippen LogP contribution in [0.5, 0.6) is 0 Å². The molecule has 176 valence electrons. The van der Waals surface area contributed by atoms with Crippen LogP contribution in [-0.2, 0) is 0 Å². The molecule has 4 unspecified atom stereocenters. The second-order valence-corrected chi connectivity index (χ2v) is 11.4. The molecule has 0 N–H and O–H groups in total. The molecule has 3 saturated carbocycles. The van der Waals surface area contributed by atoms with Crippen LogP contribution >= 0.6 is 0 Å². The summed E-state index contributed by atoms with van der Waals surface area (Å²) in [5.74, 6) is 2.11. The lowest BCUT2D eigenvalue weighted by Gasteiger charge is -2.52. The summed E-state index contributed by atoms with van der Waals surface area (Å²) >= 11 is 0. The van der Waals surface area contributed by atoms with Gasteiger partial charge >= 0.3 is 0 Å². The van der Waals surface area contributed by atoms with Gasteiger partial charge in [0.1, 0.15) is 0 Å². The van der Waals surface area contributed by atoms with Crippen molar-refractivity contribution in [2.45, 2.75) is 118 Å². The summed E-state index contributed by atoms with van der Waals surface area (Å²) in [7, 11) is 0. The fraction of sp³-hybridized carbons (Fsp3) is 1.00. The van der Waals surface area contributed by atoms with Crippen molar-refractivity contribution in [3.63, 3.8) is 0 Å². The molecule has 3 aliphatic carbocycles. The standard InChI is InChI=1S/C28H54N2/c1-5-9-18-29(19-10-6-2)23-27-17-15-25(22-27)26-14-13-16-28(26,27)24-30(20-11-7-3)21-12-8-4/h25-26H,5-24H2,1-4H3. The predicted molar refractivity (Wildman–Crippen MR) is 132 cm³/mol. The Balaban J connectivity index is 1.80. The molecule has 0 amide bonds. The van der Waals surface area contributed by atoms with Gasteiger partial charge in [0.05, 0.1) is 0 Å². The molecule has 2 heteroatoms. The highest BCUT2D eigenvalue weighted by molar-refractivity contribution is 5.18. The topological polar surface area (TPSA) is 6.48 Å². The Morgan fingerprint density at radius 2 is 1.20 bits per heavy atom. The summed E-state index contributed by atoms with van der Waals surface area (Å²) in [4.78, 5) is 5.87. The zero-order chi connectivity index (χ0) is 21.5. The van der Waals surface area contributed by atoms with Gasteiger partial charge in [0.15, 0.2) is 0 Å². The van der Waals surface area contributed by atoms with Crippen LogP contribution in [0.15, 0.2) is 0 Å². The lowest BCUT2D eigenvalue weighted by molar-refractivity contribution is -0.0349. The molecule has 0 spiro atoms. The first-order chi connectivity index (χ1) is 14.6. The van der Waals surface area contributed by atoms with Crippen molar-refractivity contribution in [1.29, 1.82) is 0 Å². The summed E-state index contributed by atoms with van der Waals surface area (Å²) in [6, 6.07) is 0. The zero-order valence-corrected chi connectivity index (χ0v) is 21.2. The van der Waals surface area contributed by atoms with Crippen molar-refractivity contribution in [3.8, 4) is 0 Å². The number of hydrogen-bond acceptors (Lipinski definition) is 2. The van der Waals surface area contributed by atoms with E-state index in [9.17, 15) is 0 Å². The first-order valence-corrected chi connectivity index (χ1v) is 14.1. The molecule has 0 aromatic rings. The molecule has 3 rings (SSSR count). The molecular weight excluding hydrogens is 364 g/mol. The molecule has 2 nitrogen and oxygen atoms in total. The normalized spacial score (nSPS) is 32.6. The van der Waals surface area contributed by atoms with Gasteiger partial charge in [-0.15, -0.1) is 0 Å².